The van der Waals surface area contributed by atoms with Crippen molar-refractivity contribution in [2.75, 3.05) is 6.61 Å². The lowest BCUT2D eigenvalue weighted by Gasteiger charge is -2.26. The zero-order valence-electron chi connectivity index (χ0n) is 7.26. The standard InChI is InChI=1S/C9H16O2/c1-3-9(2)7(6-10)4-5-8(9)11/h7,10H,3-6H2,1-2H3/t7-,9-/m0/s1. The third kappa shape index (κ3) is 1.20. The van der Waals surface area contributed by atoms with Crippen molar-refractivity contribution < 1.29 is 9.90 Å². The molecule has 1 saturated carbocycles. The van der Waals surface area contributed by atoms with E-state index in [1.807, 2.05) is 13.8 Å². The molecule has 0 bridgehead atoms. The number of carbonyl (C=O) groups excluding carboxylic acids is 1. The van der Waals surface area contributed by atoms with Gasteiger partial charge in [0.25, 0.3) is 0 Å². The van der Waals surface area contributed by atoms with Crippen molar-refractivity contribution in [1.29, 1.82) is 0 Å². The third-order valence-electron chi connectivity index (χ3n) is 3.21. The number of ketones is 1. The van der Waals surface area contributed by atoms with Gasteiger partial charge in [-0.1, -0.05) is 13.8 Å². The van der Waals surface area contributed by atoms with Crippen molar-refractivity contribution in [1.82, 2.24) is 0 Å². The molecule has 0 spiro atoms. The zero-order valence-corrected chi connectivity index (χ0v) is 7.26. The molecule has 1 fully saturated rings. The van der Waals surface area contributed by atoms with E-state index < -0.39 is 0 Å². The van der Waals surface area contributed by atoms with Crippen LogP contribution in [0.4, 0.5) is 0 Å². The molecule has 0 aliphatic heterocycles. The summed E-state index contributed by atoms with van der Waals surface area (Å²) < 4.78 is 0. The summed E-state index contributed by atoms with van der Waals surface area (Å²) in [5.74, 6) is 0.541. The van der Waals surface area contributed by atoms with Crippen molar-refractivity contribution in [2.24, 2.45) is 11.3 Å². The van der Waals surface area contributed by atoms with Gasteiger partial charge in [0.1, 0.15) is 5.78 Å². The number of rotatable bonds is 2. The first-order chi connectivity index (χ1) is 5.15. The monoisotopic (exact) mass is 156 g/mol. The van der Waals surface area contributed by atoms with Crippen LogP contribution >= 0.6 is 0 Å². The summed E-state index contributed by atoms with van der Waals surface area (Å²) in [7, 11) is 0. The van der Waals surface area contributed by atoms with Crippen molar-refractivity contribution in [3.05, 3.63) is 0 Å². The van der Waals surface area contributed by atoms with E-state index in [0.717, 1.165) is 12.8 Å². The molecule has 2 atom stereocenters. The van der Waals surface area contributed by atoms with E-state index in [1.165, 1.54) is 0 Å². The molecule has 11 heavy (non-hydrogen) atoms. The lowest BCUT2D eigenvalue weighted by molar-refractivity contribution is -0.127. The lowest BCUT2D eigenvalue weighted by atomic mass is 9.77. The van der Waals surface area contributed by atoms with Crippen LogP contribution in [-0.2, 0) is 4.79 Å². The van der Waals surface area contributed by atoms with Crippen LogP contribution in [0.15, 0.2) is 0 Å². The molecule has 0 amide bonds. The van der Waals surface area contributed by atoms with Crippen molar-refractivity contribution in [3.8, 4) is 0 Å². The Bertz CT molecular complexity index is 165. The highest BCUT2D eigenvalue weighted by atomic mass is 16.3. The highest BCUT2D eigenvalue weighted by Crippen LogP contribution is 2.42. The first-order valence-corrected chi connectivity index (χ1v) is 4.29. The molecule has 0 aromatic carbocycles. The Morgan fingerprint density at radius 1 is 1.73 bits per heavy atom. The number of Topliss-reactive ketones (excluding diaryl/α,β-unsaturated/α-hetero) is 1. The third-order valence-corrected chi connectivity index (χ3v) is 3.21. The van der Waals surface area contributed by atoms with Crippen LogP contribution in [0.1, 0.15) is 33.1 Å². The summed E-state index contributed by atoms with van der Waals surface area (Å²) in [5, 5.41) is 9.00. The van der Waals surface area contributed by atoms with Gasteiger partial charge in [-0.15, -0.1) is 0 Å². The van der Waals surface area contributed by atoms with Crippen molar-refractivity contribution >= 4 is 5.78 Å². The largest absolute Gasteiger partial charge is 0.396 e. The molecule has 1 rings (SSSR count). The zero-order chi connectivity index (χ0) is 8.48. The minimum absolute atomic E-state index is 0.163. The van der Waals surface area contributed by atoms with Crippen molar-refractivity contribution in [2.45, 2.75) is 33.1 Å². The lowest BCUT2D eigenvalue weighted by Crippen LogP contribution is -2.30. The van der Waals surface area contributed by atoms with Crippen LogP contribution in [0.25, 0.3) is 0 Å². The number of hydrogen-bond acceptors (Lipinski definition) is 2. The molecule has 0 radical (unpaired) electrons. The topological polar surface area (TPSA) is 37.3 Å². The van der Waals surface area contributed by atoms with E-state index in [9.17, 15) is 4.79 Å². The molecule has 1 N–H and O–H groups in total. The Balaban J connectivity index is 2.78. The number of carbonyl (C=O) groups is 1. The summed E-state index contributed by atoms with van der Waals surface area (Å²) in [6.07, 6.45) is 2.40. The van der Waals surface area contributed by atoms with Crippen LogP contribution in [0.3, 0.4) is 0 Å². The minimum Gasteiger partial charge on any atom is -0.396 e. The molecule has 0 unspecified atom stereocenters. The molecule has 0 aromatic heterocycles. The summed E-state index contributed by atoms with van der Waals surface area (Å²) in [5.41, 5.74) is -0.227. The molecule has 0 heterocycles. The maximum absolute atomic E-state index is 11.4. The molecule has 1 aliphatic carbocycles. The normalized spacial score (nSPS) is 38.1. The smallest absolute Gasteiger partial charge is 0.139 e. The molecule has 0 aromatic rings. The van der Waals surface area contributed by atoms with Gasteiger partial charge in [0.05, 0.1) is 0 Å². The quantitative estimate of drug-likeness (QED) is 0.655. The van der Waals surface area contributed by atoms with Gasteiger partial charge in [0, 0.05) is 18.4 Å². The van der Waals surface area contributed by atoms with Gasteiger partial charge in [-0.2, -0.15) is 0 Å². The molecular formula is C9H16O2. The predicted octanol–water partition coefficient (Wildman–Crippen LogP) is 1.37. The first-order valence-electron chi connectivity index (χ1n) is 4.29. The summed E-state index contributed by atoms with van der Waals surface area (Å²) in [6.45, 7) is 4.16. The fraction of sp³-hybridized carbons (Fsp3) is 0.889. The van der Waals surface area contributed by atoms with Crippen LogP contribution in [0, 0.1) is 11.3 Å². The highest BCUT2D eigenvalue weighted by Gasteiger charge is 2.43. The molecule has 2 nitrogen and oxygen atoms in total. The van der Waals surface area contributed by atoms with E-state index in [-0.39, 0.29) is 17.9 Å². The summed E-state index contributed by atoms with van der Waals surface area (Å²) in [4.78, 5) is 11.4. The fourth-order valence-corrected chi connectivity index (χ4v) is 1.92. The maximum atomic E-state index is 11.4. The van der Waals surface area contributed by atoms with Gasteiger partial charge in [0.2, 0.25) is 0 Å². The second-order valence-electron chi connectivity index (χ2n) is 3.61. The average molecular weight is 156 g/mol. The molecule has 64 valence electrons. The second-order valence-corrected chi connectivity index (χ2v) is 3.61. The van der Waals surface area contributed by atoms with Gasteiger partial charge >= 0.3 is 0 Å². The summed E-state index contributed by atoms with van der Waals surface area (Å²) in [6, 6.07) is 0. The Hall–Kier alpha value is -0.370. The maximum Gasteiger partial charge on any atom is 0.139 e. The van der Waals surface area contributed by atoms with Gasteiger partial charge in [-0.05, 0) is 18.8 Å². The Morgan fingerprint density at radius 2 is 2.36 bits per heavy atom. The van der Waals surface area contributed by atoms with E-state index in [0.29, 0.717) is 12.2 Å². The van der Waals surface area contributed by atoms with E-state index >= 15 is 0 Å². The van der Waals surface area contributed by atoms with Crippen molar-refractivity contribution in [3.63, 3.8) is 0 Å². The number of aliphatic hydroxyl groups is 1. The van der Waals surface area contributed by atoms with E-state index in [4.69, 9.17) is 5.11 Å². The van der Waals surface area contributed by atoms with Gasteiger partial charge in [-0.25, -0.2) is 0 Å². The number of hydrogen-bond donors (Lipinski definition) is 1. The van der Waals surface area contributed by atoms with Gasteiger partial charge in [0.15, 0.2) is 0 Å². The van der Waals surface area contributed by atoms with Gasteiger partial charge < -0.3 is 5.11 Å². The second kappa shape index (κ2) is 2.94. The minimum atomic E-state index is -0.227. The van der Waals surface area contributed by atoms with E-state index in [1.54, 1.807) is 0 Å². The van der Waals surface area contributed by atoms with Crippen LogP contribution in [-0.4, -0.2) is 17.5 Å². The Morgan fingerprint density at radius 3 is 2.73 bits per heavy atom. The molecule has 0 saturated heterocycles. The Labute approximate surface area is 67.6 Å². The summed E-state index contributed by atoms with van der Waals surface area (Å²) >= 11 is 0. The van der Waals surface area contributed by atoms with Gasteiger partial charge in [-0.3, -0.25) is 4.79 Å². The van der Waals surface area contributed by atoms with Crippen LogP contribution in [0.5, 0.6) is 0 Å². The highest BCUT2D eigenvalue weighted by molar-refractivity contribution is 5.86. The number of aliphatic hydroxyl groups excluding tert-OH is 1. The van der Waals surface area contributed by atoms with Crippen LogP contribution in [0.2, 0.25) is 0 Å². The van der Waals surface area contributed by atoms with E-state index in [2.05, 4.69) is 0 Å². The Kier molecular flexibility index (Phi) is 2.33. The molecule has 2 heteroatoms. The average Bonchev–Trinajstić information content (AvgIpc) is 2.30. The van der Waals surface area contributed by atoms with Crippen LogP contribution < -0.4 is 0 Å². The SMILES string of the molecule is CC[C@]1(C)C(=O)CC[C@H]1CO. The molecule has 1 aliphatic rings. The first kappa shape index (κ1) is 8.72. The predicted molar refractivity (Wildman–Crippen MR) is 43.2 cm³/mol. The fourth-order valence-electron chi connectivity index (χ4n) is 1.92. The molecular weight excluding hydrogens is 140 g/mol.